The van der Waals surface area contributed by atoms with E-state index in [9.17, 15) is 0 Å². The van der Waals surface area contributed by atoms with Gasteiger partial charge in [0, 0.05) is 46.1 Å². The molecule has 120 valence electrons. The van der Waals surface area contributed by atoms with Crippen molar-refractivity contribution in [3.63, 3.8) is 0 Å². The van der Waals surface area contributed by atoms with Gasteiger partial charge in [0.15, 0.2) is 0 Å². The van der Waals surface area contributed by atoms with E-state index < -0.39 is 0 Å². The van der Waals surface area contributed by atoms with Crippen molar-refractivity contribution in [3.05, 3.63) is 24.0 Å². The topological polar surface area (TPSA) is 31.2 Å². The molecule has 0 aromatic carbocycles. The van der Waals surface area contributed by atoms with E-state index in [4.69, 9.17) is 0 Å². The zero-order chi connectivity index (χ0) is 16.4. The number of hydrogen-bond acceptors (Lipinski definition) is 3. The average molecular weight is 292 g/mol. The predicted molar refractivity (Wildman–Crippen MR) is 95.2 cm³/mol. The van der Waals surface area contributed by atoms with Crippen molar-refractivity contribution in [1.29, 1.82) is 0 Å². The Balaban J connectivity index is 5.18. The Morgan fingerprint density at radius 3 is 2.00 bits per heavy atom. The van der Waals surface area contributed by atoms with E-state index in [2.05, 4.69) is 48.4 Å². The van der Waals surface area contributed by atoms with Crippen LogP contribution in [0.15, 0.2) is 34.0 Å². The first kappa shape index (κ1) is 19.4. The molecule has 0 bridgehead atoms. The summed E-state index contributed by atoms with van der Waals surface area (Å²) in [5, 5.41) is 0. The lowest BCUT2D eigenvalue weighted by molar-refractivity contribution is 0.416. The molecule has 0 amide bonds. The van der Waals surface area contributed by atoms with Crippen LogP contribution in [0.3, 0.4) is 0 Å². The van der Waals surface area contributed by atoms with Gasteiger partial charge in [-0.05, 0) is 32.3 Å². The van der Waals surface area contributed by atoms with E-state index in [1.807, 2.05) is 33.0 Å². The molecule has 0 saturated heterocycles. The molecule has 0 aromatic heterocycles. The van der Waals surface area contributed by atoms with Crippen LogP contribution in [0.2, 0.25) is 0 Å². The number of amidine groups is 1. The van der Waals surface area contributed by atoms with Crippen molar-refractivity contribution in [3.8, 4) is 0 Å². The molecule has 0 aliphatic heterocycles. The van der Waals surface area contributed by atoms with E-state index >= 15 is 0 Å². The minimum Gasteiger partial charge on any atom is -0.383 e. The van der Waals surface area contributed by atoms with Crippen molar-refractivity contribution in [2.24, 2.45) is 9.98 Å². The molecule has 0 radical (unpaired) electrons. The van der Waals surface area contributed by atoms with Crippen molar-refractivity contribution < 1.29 is 0 Å². The van der Waals surface area contributed by atoms with Crippen LogP contribution in [0.25, 0.3) is 0 Å². The Bertz CT molecular complexity index is 411. The highest BCUT2D eigenvalue weighted by Gasteiger charge is 2.12. The van der Waals surface area contributed by atoms with Crippen molar-refractivity contribution in [2.45, 2.75) is 40.5 Å². The van der Waals surface area contributed by atoms with Gasteiger partial charge in [0.25, 0.3) is 0 Å². The Kier molecular flexibility index (Phi) is 9.42. The van der Waals surface area contributed by atoms with Crippen LogP contribution in [0.5, 0.6) is 0 Å². The normalized spacial score (nSPS) is 13.4. The lowest BCUT2D eigenvalue weighted by Crippen LogP contribution is -2.33. The summed E-state index contributed by atoms with van der Waals surface area (Å²) in [4.78, 5) is 13.3. The summed E-state index contributed by atoms with van der Waals surface area (Å²) < 4.78 is 0. The highest BCUT2D eigenvalue weighted by atomic mass is 15.2. The smallest absolute Gasteiger partial charge is 0.149 e. The summed E-state index contributed by atoms with van der Waals surface area (Å²) in [5.41, 5.74) is 2.85. The fraction of sp³-hybridized carbons (Fsp3) is 0.647. The van der Waals surface area contributed by atoms with Gasteiger partial charge in [-0.25, -0.2) is 0 Å². The second kappa shape index (κ2) is 10.2. The molecular weight excluding hydrogens is 260 g/mol. The highest BCUT2D eigenvalue weighted by molar-refractivity contribution is 6.04. The summed E-state index contributed by atoms with van der Waals surface area (Å²) in [6.07, 6.45) is 4.24. The van der Waals surface area contributed by atoms with E-state index in [0.29, 0.717) is 0 Å². The molecule has 21 heavy (non-hydrogen) atoms. The molecule has 0 rings (SSSR count). The Morgan fingerprint density at radius 2 is 1.62 bits per heavy atom. The van der Waals surface area contributed by atoms with Crippen LogP contribution in [-0.4, -0.2) is 55.6 Å². The maximum absolute atomic E-state index is 4.64. The molecule has 0 heterocycles. The second-order valence-corrected chi connectivity index (χ2v) is 5.45. The highest BCUT2D eigenvalue weighted by Crippen LogP contribution is 2.09. The van der Waals surface area contributed by atoms with Gasteiger partial charge >= 0.3 is 0 Å². The fourth-order valence-corrected chi connectivity index (χ4v) is 2.14. The van der Waals surface area contributed by atoms with Gasteiger partial charge in [0.2, 0.25) is 0 Å². The fourth-order valence-electron chi connectivity index (χ4n) is 2.14. The van der Waals surface area contributed by atoms with Crippen LogP contribution in [0, 0.1) is 0 Å². The largest absolute Gasteiger partial charge is 0.383 e. The first-order valence-corrected chi connectivity index (χ1v) is 7.68. The summed E-state index contributed by atoms with van der Waals surface area (Å²) in [7, 11) is 5.83. The molecule has 0 fully saturated rings. The molecule has 0 atom stereocenters. The third-order valence-corrected chi connectivity index (χ3v) is 3.08. The molecule has 0 aliphatic carbocycles. The first-order chi connectivity index (χ1) is 9.87. The van der Waals surface area contributed by atoms with Crippen LogP contribution >= 0.6 is 0 Å². The molecule has 0 aliphatic rings. The molecular formula is C17H32N4. The molecule has 0 spiro atoms. The number of hydrogen-bond donors (Lipinski definition) is 0. The number of nitrogens with zero attached hydrogens (tertiary/aromatic N) is 4. The molecule has 0 unspecified atom stereocenters. The van der Waals surface area contributed by atoms with Gasteiger partial charge < -0.3 is 9.80 Å². The molecule has 4 nitrogen and oxygen atoms in total. The van der Waals surface area contributed by atoms with Crippen molar-refractivity contribution >= 4 is 11.5 Å². The Morgan fingerprint density at radius 1 is 1.10 bits per heavy atom. The van der Waals surface area contributed by atoms with E-state index in [0.717, 1.165) is 48.7 Å². The monoisotopic (exact) mass is 292 g/mol. The standard InChI is InChI=1S/C17H32N4/c1-9-11-21(12-10-2)17(18-6)16(5)19-15(4)14(3)13-20(7)8/h13H,5,9-12H2,1-4,6-8H3/b14-13+,18-17?,19-15?. The van der Waals surface area contributed by atoms with Gasteiger partial charge in [-0.3, -0.25) is 9.98 Å². The third kappa shape index (κ3) is 7.11. The minimum atomic E-state index is 0.739. The second-order valence-electron chi connectivity index (χ2n) is 5.45. The molecule has 0 N–H and O–H groups in total. The maximum atomic E-state index is 4.64. The van der Waals surface area contributed by atoms with Gasteiger partial charge in [0.1, 0.15) is 5.84 Å². The van der Waals surface area contributed by atoms with Gasteiger partial charge in [-0.2, -0.15) is 0 Å². The molecule has 0 aromatic rings. The summed E-state index contributed by atoms with van der Waals surface area (Å²) in [6, 6.07) is 0. The zero-order valence-electron chi connectivity index (χ0n) is 14.9. The molecule has 4 heteroatoms. The SMILES string of the molecule is C=C(N=C(C)/C(C)=C/N(C)C)C(=NC)N(CCC)CCC. The maximum Gasteiger partial charge on any atom is 0.149 e. The van der Waals surface area contributed by atoms with E-state index in [-0.39, 0.29) is 0 Å². The van der Waals surface area contributed by atoms with Crippen LogP contribution < -0.4 is 0 Å². The van der Waals surface area contributed by atoms with E-state index in [1.165, 1.54) is 0 Å². The van der Waals surface area contributed by atoms with Crippen molar-refractivity contribution in [2.75, 3.05) is 34.2 Å². The number of rotatable bonds is 8. The van der Waals surface area contributed by atoms with Gasteiger partial charge in [-0.1, -0.05) is 20.4 Å². The van der Waals surface area contributed by atoms with Crippen LogP contribution in [-0.2, 0) is 0 Å². The Labute approximate surface area is 131 Å². The third-order valence-electron chi connectivity index (χ3n) is 3.08. The zero-order valence-corrected chi connectivity index (χ0v) is 14.9. The van der Waals surface area contributed by atoms with Gasteiger partial charge in [-0.15, -0.1) is 0 Å². The van der Waals surface area contributed by atoms with Crippen molar-refractivity contribution in [1.82, 2.24) is 9.80 Å². The summed E-state index contributed by atoms with van der Waals surface area (Å²) in [5.74, 6) is 0.899. The summed E-state index contributed by atoms with van der Waals surface area (Å²) in [6.45, 7) is 14.5. The predicted octanol–water partition coefficient (Wildman–Crippen LogP) is 3.58. The number of allylic oxidation sites excluding steroid dienone is 1. The van der Waals surface area contributed by atoms with Crippen LogP contribution in [0.1, 0.15) is 40.5 Å². The number of aliphatic imine (C=N–C) groups is 2. The van der Waals surface area contributed by atoms with E-state index in [1.54, 1.807) is 0 Å². The first-order valence-electron chi connectivity index (χ1n) is 7.68. The lowest BCUT2D eigenvalue weighted by atomic mass is 10.2. The summed E-state index contributed by atoms with van der Waals surface area (Å²) >= 11 is 0. The molecule has 0 saturated carbocycles. The minimum absolute atomic E-state index is 0.739. The lowest BCUT2D eigenvalue weighted by Gasteiger charge is -2.25. The van der Waals surface area contributed by atoms with Crippen LogP contribution in [0.4, 0.5) is 0 Å². The Hall–Kier alpha value is -1.58. The quantitative estimate of drug-likeness (QED) is 0.506. The van der Waals surface area contributed by atoms with Gasteiger partial charge in [0.05, 0.1) is 5.70 Å². The average Bonchev–Trinajstić information content (AvgIpc) is 2.39.